The molecule has 132 valence electrons. The van der Waals surface area contributed by atoms with E-state index in [1.165, 1.54) is 18.9 Å². The Balaban J connectivity index is 4.80. The van der Waals surface area contributed by atoms with Crippen molar-refractivity contribution < 1.29 is 18.8 Å². The minimum atomic E-state index is -2.09. The number of methoxy groups -OCH3 is 1. The first-order valence-corrected chi connectivity index (χ1v) is 11.7. The molecule has 0 amide bonds. The third-order valence-electron chi connectivity index (χ3n) is 3.76. The number of carbonyl (C=O) groups is 2. The van der Waals surface area contributed by atoms with E-state index in [2.05, 4.69) is 33.9 Å². The fraction of sp³-hybridized carbons (Fsp3) is 0.647. The van der Waals surface area contributed by atoms with Crippen molar-refractivity contribution in [1.82, 2.24) is 0 Å². The molecule has 0 radical (unpaired) electrons. The van der Waals surface area contributed by atoms with E-state index in [-0.39, 0.29) is 15.9 Å². The number of allylic oxidation sites excluding steroid dienone is 2. The highest BCUT2D eigenvalue weighted by Gasteiger charge is 2.40. The second-order valence-corrected chi connectivity index (χ2v) is 12.6. The van der Waals surface area contributed by atoms with Crippen LogP contribution < -0.4 is 0 Å². The molecule has 4 nitrogen and oxygen atoms in total. The topological polar surface area (TPSA) is 52.6 Å². The number of hydrogen-bond acceptors (Lipinski definition) is 5. The van der Waals surface area contributed by atoms with E-state index in [1.807, 2.05) is 13.0 Å². The Morgan fingerprint density at radius 2 is 1.78 bits per heavy atom. The monoisotopic (exact) mass is 358 g/mol. The molecule has 0 bridgehead atoms. The van der Waals surface area contributed by atoms with Gasteiger partial charge in [0.25, 0.3) is 8.32 Å². The summed E-state index contributed by atoms with van der Waals surface area (Å²) in [5.74, 6) is 0.605. The van der Waals surface area contributed by atoms with Crippen LogP contribution in [-0.2, 0) is 18.8 Å². The number of ether oxygens (including phenoxy) is 1. The summed E-state index contributed by atoms with van der Waals surface area (Å²) < 4.78 is 10.9. The number of thioether (sulfide) groups is 1. The van der Waals surface area contributed by atoms with Crippen LogP contribution in [0.5, 0.6) is 0 Å². The van der Waals surface area contributed by atoms with Crippen LogP contribution in [0.3, 0.4) is 0 Å². The zero-order valence-electron chi connectivity index (χ0n) is 15.4. The highest BCUT2D eigenvalue weighted by Crippen LogP contribution is 2.38. The highest BCUT2D eigenvalue weighted by molar-refractivity contribution is 8.14. The smallest absolute Gasteiger partial charge is 0.371 e. The van der Waals surface area contributed by atoms with Gasteiger partial charge in [0.15, 0.2) is 5.76 Å². The van der Waals surface area contributed by atoms with E-state index < -0.39 is 14.3 Å². The van der Waals surface area contributed by atoms with E-state index >= 15 is 0 Å². The van der Waals surface area contributed by atoms with Gasteiger partial charge in [0, 0.05) is 0 Å². The summed E-state index contributed by atoms with van der Waals surface area (Å²) in [6.45, 7) is 12.5. The van der Waals surface area contributed by atoms with Gasteiger partial charge >= 0.3 is 5.97 Å². The summed E-state index contributed by atoms with van der Waals surface area (Å²) in [5.41, 5.74) is 0. The molecule has 0 aliphatic heterocycles. The molecule has 0 aromatic carbocycles. The Hall–Kier alpha value is -1.01. The molecule has 23 heavy (non-hydrogen) atoms. The van der Waals surface area contributed by atoms with E-state index in [4.69, 9.17) is 9.16 Å². The van der Waals surface area contributed by atoms with Crippen molar-refractivity contribution in [2.24, 2.45) is 0 Å². The zero-order chi connectivity index (χ0) is 18.1. The number of rotatable bonds is 8. The zero-order valence-corrected chi connectivity index (χ0v) is 17.2. The molecule has 0 N–H and O–H groups in total. The molecule has 0 aliphatic carbocycles. The molecule has 0 heterocycles. The van der Waals surface area contributed by atoms with Gasteiger partial charge in [-0.15, -0.1) is 0 Å². The molecular formula is C17H30O4SSi. The van der Waals surface area contributed by atoms with Gasteiger partial charge in [-0.05, 0) is 48.9 Å². The number of esters is 1. The Morgan fingerprint density at radius 3 is 2.26 bits per heavy atom. The first-order chi connectivity index (χ1) is 10.5. The SMILES string of the molecule is CCSC(=O)/C=C/CC/C=C(/O[Si](C)(C)C(C)(C)C)C(=O)OC. The Morgan fingerprint density at radius 1 is 1.17 bits per heavy atom. The van der Waals surface area contributed by atoms with Crippen LogP contribution in [0.25, 0.3) is 0 Å². The van der Waals surface area contributed by atoms with Crippen LogP contribution in [0.15, 0.2) is 24.0 Å². The molecular weight excluding hydrogens is 328 g/mol. The Bertz CT molecular complexity index is 462. The van der Waals surface area contributed by atoms with Gasteiger partial charge in [0.05, 0.1) is 7.11 Å². The third kappa shape index (κ3) is 8.41. The lowest BCUT2D eigenvalue weighted by Crippen LogP contribution is -2.41. The summed E-state index contributed by atoms with van der Waals surface area (Å²) in [6.07, 6.45) is 6.46. The minimum absolute atomic E-state index is 0.00378. The molecule has 0 fully saturated rings. The van der Waals surface area contributed by atoms with Gasteiger partial charge in [-0.3, -0.25) is 4.79 Å². The fourth-order valence-corrected chi connectivity index (χ4v) is 2.88. The van der Waals surface area contributed by atoms with E-state index in [0.29, 0.717) is 12.8 Å². The van der Waals surface area contributed by atoms with Crippen molar-refractivity contribution in [3.63, 3.8) is 0 Å². The average Bonchev–Trinajstić information content (AvgIpc) is 2.43. The molecule has 0 rings (SSSR count). The first kappa shape index (κ1) is 22.0. The molecule has 0 spiro atoms. The molecule has 0 saturated heterocycles. The largest absolute Gasteiger partial charge is 0.539 e. The van der Waals surface area contributed by atoms with Gasteiger partial charge in [-0.1, -0.05) is 45.5 Å². The lowest BCUT2D eigenvalue weighted by molar-refractivity contribution is -0.138. The molecule has 0 aromatic rings. The first-order valence-electron chi connectivity index (χ1n) is 7.86. The average molecular weight is 359 g/mol. The van der Waals surface area contributed by atoms with E-state index in [0.717, 1.165) is 5.75 Å². The van der Waals surface area contributed by atoms with Crippen molar-refractivity contribution in [1.29, 1.82) is 0 Å². The van der Waals surface area contributed by atoms with Crippen LogP contribution in [0.2, 0.25) is 18.1 Å². The lowest BCUT2D eigenvalue weighted by Gasteiger charge is -2.36. The van der Waals surface area contributed by atoms with Crippen LogP contribution >= 0.6 is 11.8 Å². The van der Waals surface area contributed by atoms with Crippen molar-refractivity contribution >= 4 is 31.2 Å². The normalized spacial score (nSPS) is 13.3. The fourth-order valence-electron chi connectivity index (χ4n) is 1.38. The summed E-state index contributed by atoms with van der Waals surface area (Å²) in [5, 5.41) is 0.0614. The van der Waals surface area contributed by atoms with Gasteiger partial charge in [0.2, 0.25) is 5.12 Å². The maximum Gasteiger partial charge on any atom is 0.371 e. The lowest BCUT2D eigenvalue weighted by atomic mass is 10.2. The van der Waals surface area contributed by atoms with E-state index in [9.17, 15) is 9.59 Å². The quantitative estimate of drug-likeness (QED) is 0.207. The standard InChI is InChI=1S/C17H30O4SSi/c1-8-22-15(18)13-11-9-10-12-14(16(19)20-5)21-23(6,7)17(2,3)4/h11-13H,8-10H2,1-7H3/b13-11+,14-12+. The molecule has 0 saturated carbocycles. The predicted molar refractivity (Wildman–Crippen MR) is 99.9 cm³/mol. The third-order valence-corrected chi connectivity index (χ3v) is 8.81. The van der Waals surface area contributed by atoms with Crippen molar-refractivity contribution in [3.05, 3.63) is 24.0 Å². The molecule has 6 heteroatoms. The second kappa shape index (κ2) is 9.98. The Kier molecular flexibility index (Phi) is 9.54. The number of unbranched alkanes of at least 4 members (excludes halogenated alkanes) is 1. The van der Waals surface area contributed by atoms with Crippen molar-refractivity contribution in [3.8, 4) is 0 Å². The number of carbonyl (C=O) groups excluding carboxylic acids is 2. The van der Waals surface area contributed by atoms with E-state index in [1.54, 1.807) is 12.2 Å². The van der Waals surface area contributed by atoms with Gasteiger partial charge in [-0.2, -0.15) is 0 Å². The molecule has 0 unspecified atom stereocenters. The molecule has 0 aromatic heterocycles. The summed E-state index contributed by atoms with van der Waals surface area (Å²) >= 11 is 1.28. The number of hydrogen-bond donors (Lipinski definition) is 0. The maximum absolute atomic E-state index is 11.9. The molecule has 0 aliphatic rings. The van der Waals surface area contributed by atoms with Gasteiger partial charge in [-0.25, -0.2) is 4.79 Å². The predicted octanol–water partition coefficient (Wildman–Crippen LogP) is 4.68. The molecule has 0 atom stereocenters. The van der Waals surface area contributed by atoms with Crippen molar-refractivity contribution in [2.75, 3.05) is 12.9 Å². The van der Waals surface area contributed by atoms with Crippen LogP contribution in [0.4, 0.5) is 0 Å². The van der Waals surface area contributed by atoms with Gasteiger partial charge in [0.1, 0.15) is 0 Å². The summed E-state index contributed by atoms with van der Waals surface area (Å²) in [4.78, 5) is 23.3. The highest BCUT2D eigenvalue weighted by atomic mass is 32.2. The minimum Gasteiger partial charge on any atom is -0.539 e. The second-order valence-electron chi connectivity index (χ2n) is 6.65. The van der Waals surface area contributed by atoms with Crippen LogP contribution in [0, 0.1) is 0 Å². The summed E-state index contributed by atoms with van der Waals surface area (Å²) in [7, 11) is -0.736. The van der Waals surface area contributed by atoms with Crippen LogP contribution in [0.1, 0.15) is 40.5 Å². The Labute approximate surface area is 145 Å². The van der Waals surface area contributed by atoms with Gasteiger partial charge < -0.3 is 9.16 Å². The van der Waals surface area contributed by atoms with Crippen LogP contribution in [-0.4, -0.2) is 32.3 Å². The maximum atomic E-state index is 11.9. The summed E-state index contributed by atoms with van der Waals surface area (Å²) in [6, 6.07) is 0. The van der Waals surface area contributed by atoms with Crippen molar-refractivity contribution in [2.45, 2.75) is 58.7 Å².